The molecule has 3 rings (SSSR count). The molecule has 2 aromatic rings. The third-order valence-electron chi connectivity index (χ3n) is 4.25. The second-order valence-electron chi connectivity index (χ2n) is 6.04. The van der Waals surface area contributed by atoms with Gasteiger partial charge >= 0.3 is 6.09 Å². The number of aromatic nitrogens is 3. The highest BCUT2D eigenvalue weighted by molar-refractivity contribution is 7.10. The van der Waals surface area contributed by atoms with Crippen molar-refractivity contribution in [2.45, 2.75) is 18.8 Å². The summed E-state index contributed by atoms with van der Waals surface area (Å²) < 4.78 is 4.93. The fourth-order valence-electron chi connectivity index (χ4n) is 2.83. The molecule has 3 amide bonds. The predicted octanol–water partition coefficient (Wildman–Crippen LogP) is 1.17. The van der Waals surface area contributed by atoms with E-state index in [-0.39, 0.29) is 29.7 Å². The van der Waals surface area contributed by atoms with Crippen LogP contribution in [0, 0.1) is 12.3 Å². The Kier molecular flexibility index (Phi) is 5.90. The number of nitrogens with two attached hydrogens (primary N) is 1. The monoisotopic (exact) mass is 402 g/mol. The fraction of sp³-hybridized carbons (Fsp3) is 0.353. The Balaban J connectivity index is 1.58. The summed E-state index contributed by atoms with van der Waals surface area (Å²) in [6.45, 7) is 1.02. The van der Waals surface area contributed by atoms with Crippen molar-refractivity contribution in [2.75, 3.05) is 25.0 Å². The molecule has 28 heavy (non-hydrogen) atoms. The lowest BCUT2D eigenvalue weighted by Crippen LogP contribution is -2.38. The minimum atomic E-state index is -0.723. The van der Waals surface area contributed by atoms with E-state index in [4.69, 9.17) is 16.9 Å². The standard InChI is InChI=1S/C17H18N6O4S/c1-2-7-27-17(26)23-5-3-10(4-6-23)16-21-11(8-28-16)15(25)22-14-12(13(18)24)19-9-20-14/h1,8-10H,3-7H2,(H2,18,24)(H,19,20)(H,22,25). The summed E-state index contributed by atoms with van der Waals surface area (Å²) in [6, 6.07) is 0. The number of rotatable bonds is 5. The lowest BCUT2D eigenvalue weighted by Gasteiger charge is -2.30. The predicted molar refractivity (Wildman–Crippen MR) is 101 cm³/mol. The van der Waals surface area contributed by atoms with Gasteiger partial charge in [0, 0.05) is 24.4 Å². The molecule has 0 atom stereocenters. The van der Waals surface area contributed by atoms with Gasteiger partial charge in [0.05, 0.1) is 11.3 Å². The first-order valence-corrected chi connectivity index (χ1v) is 9.32. The Morgan fingerprint density at radius 1 is 1.43 bits per heavy atom. The molecule has 3 heterocycles. The topological polar surface area (TPSA) is 143 Å². The van der Waals surface area contributed by atoms with Gasteiger partial charge in [0.15, 0.2) is 12.4 Å². The largest absolute Gasteiger partial charge is 0.436 e. The number of amides is 3. The molecular weight excluding hydrogens is 384 g/mol. The van der Waals surface area contributed by atoms with E-state index in [9.17, 15) is 14.4 Å². The number of nitrogens with one attached hydrogen (secondary N) is 2. The Morgan fingerprint density at radius 2 is 2.18 bits per heavy atom. The molecule has 11 heteroatoms. The van der Waals surface area contributed by atoms with Crippen LogP contribution in [0.2, 0.25) is 0 Å². The molecule has 2 aromatic heterocycles. The molecule has 146 valence electrons. The van der Waals surface area contributed by atoms with E-state index in [0.717, 1.165) is 5.01 Å². The van der Waals surface area contributed by atoms with Crippen molar-refractivity contribution in [3.8, 4) is 12.3 Å². The van der Waals surface area contributed by atoms with Gasteiger partial charge < -0.3 is 25.7 Å². The Hall–Kier alpha value is -3.39. The fourth-order valence-corrected chi connectivity index (χ4v) is 3.80. The minimum Gasteiger partial charge on any atom is -0.436 e. The highest BCUT2D eigenvalue weighted by Gasteiger charge is 2.27. The summed E-state index contributed by atoms with van der Waals surface area (Å²) in [4.78, 5) is 47.9. The first kappa shape index (κ1) is 19.4. The molecule has 4 N–H and O–H groups in total. The zero-order chi connectivity index (χ0) is 20.1. The smallest absolute Gasteiger partial charge is 0.410 e. The number of H-pyrrole nitrogens is 1. The lowest BCUT2D eigenvalue weighted by molar-refractivity contribution is 0.0995. The van der Waals surface area contributed by atoms with Crippen molar-refractivity contribution in [2.24, 2.45) is 5.73 Å². The first-order valence-electron chi connectivity index (χ1n) is 8.44. The van der Waals surface area contributed by atoms with Crippen LogP contribution in [0.15, 0.2) is 11.7 Å². The average molecular weight is 402 g/mol. The van der Waals surface area contributed by atoms with Gasteiger partial charge in [-0.25, -0.2) is 14.8 Å². The van der Waals surface area contributed by atoms with Crippen LogP contribution >= 0.6 is 11.3 Å². The zero-order valence-electron chi connectivity index (χ0n) is 14.8. The second-order valence-corrected chi connectivity index (χ2v) is 6.93. The van der Waals surface area contributed by atoms with E-state index in [1.807, 2.05) is 0 Å². The number of carbonyl (C=O) groups excluding carboxylic acids is 3. The molecule has 10 nitrogen and oxygen atoms in total. The van der Waals surface area contributed by atoms with E-state index >= 15 is 0 Å². The molecule has 0 aromatic carbocycles. The first-order chi connectivity index (χ1) is 13.5. The van der Waals surface area contributed by atoms with Gasteiger partial charge in [0.25, 0.3) is 11.8 Å². The number of hydrogen-bond donors (Lipinski definition) is 3. The van der Waals surface area contributed by atoms with E-state index in [1.54, 1.807) is 10.3 Å². The van der Waals surface area contributed by atoms with Gasteiger partial charge in [-0.2, -0.15) is 0 Å². The number of hydrogen-bond acceptors (Lipinski definition) is 7. The maximum absolute atomic E-state index is 12.4. The van der Waals surface area contributed by atoms with Crippen LogP contribution in [-0.4, -0.2) is 57.5 Å². The highest BCUT2D eigenvalue weighted by Crippen LogP contribution is 2.30. The number of imidazole rings is 1. The van der Waals surface area contributed by atoms with E-state index in [1.165, 1.54) is 17.7 Å². The summed E-state index contributed by atoms with van der Waals surface area (Å²) in [7, 11) is 0. The zero-order valence-corrected chi connectivity index (χ0v) is 15.6. The SMILES string of the molecule is C#CCOC(=O)N1CCC(c2nc(C(=O)Nc3nc[nH]c3C(N)=O)cs2)CC1. The molecule has 1 aliphatic rings. The number of thiazole rings is 1. The second kappa shape index (κ2) is 8.53. The number of carbonyl (C=O) groups is 3. The van der Waals surface area contributed by atoms with Gasteiger partial charge in [0.1, 0.15) is 11.4 Å². The Morgan fingerprint density at radius 3 is 2.86 bits per heavy atom. The van der Waals surface area contributed by atoms with Crippen LogP contribution in [0.25, 0.3) is 0 Å². The van der Waals surface area contributed by atoms with Crippen molar-refractivity contribution in [3.63, 3.8) is 0 Å². The summed E-state index contributed by atoms with van der Waals surface area (Å²) in [5.74, 6) is 1.27. The van der Waals surface area contributed by atoms with Crippen LogP contribution in [0.3, 0.4) is 0 Å². The van der Waals surface area contributed by atoms with Crippen LogP contribution in [0.5, 0.6) is 0 Å². The highest BCUT2D eigenvalue weighted by atomic mass is 32.1. The van der Waals surface area contributed by atoms with Gasteiger partial charge in [-0.3, -0.25) is 9.59 Å². The molecule has 0 aliphatic carbocycles. The Bertz CT molecular complexity index is 922. The van der Waals surface area contributed by atoms with Crippen molar-refractivity contribution in [1.29, 1.82) is 0 Å². The van der Waals surface area contributed by atoms with Gasteiger partial charge in [-0.15, -0.1) is 17.8 Å². The molecule has 1 fully saturated rings. The molecule has 0 saturated carbocycles. The number of ether oxygens (including phenoxy) is 1. The maximum atomic E-state index is 12.4. The van der Waals surface area contributed by atoms with E-state index < -0.39 is 17.9 Å². The summed E-state index contributed by atoms with van der Waals surface area (Å²) in [5, 5.41) is 4.99. The van der Waals surface area contributed by atoms with Crippen LogP contribution in [-0.2, 0) is 4.74 Å². The van der Waals surface area contributed by atoms with Crippen molar-refractivity contribution in [3.05, 3.63) is 28.1 Å². The summed E-state index contributed by atoms with van der Waals surface area (Å²) >= 11 is 1.38. The molecule has 1 saturated heterocycles. The number of terminal acetylenes is 1. The average Bonchev–Trinajstić information content (AvgIpc) is 3.36. The Labute approximate surface area is 164 Å². The molecule has 0 unspecified atom stereocenters. The van der Waals surface area contributed by atoms with Crippen LogP contribution in [0.4, 0.5) is 10.6 Å². The van der Waals surface area contributed by atoms with Crippen molar-refractivity contribution < 1.29 is 19.1 Å². The number of aromatic amines is 1. The van der Waals surface area contributed by atoms with Crippen LogP contribution < -0.4 is 11.1 Å². The van der Waals surface area contributed by atoms with Gasteiger partial charge in [0.2, 0.25) is 0 Å². The number of likely N-dealkylation sites (tertiary alicyclic amines) is 1. The van der Waals surface area contributed by atoms with Crippen molar-refractivity contribution >= 4 is 35.1 Å². The number of primary amides is 1. The molecule has 1 aliphatic heterocycles. The minimum absolute atomic E-state index is 0.0212. The van der Waals surface area contributed by atoms with Gasteiger partial charge in [-0.05, 0) is 12.8 Å². The summed E-state index contributed by atoms with van der Waals surface area (Å²) in [6.07, 6.45) is 7.36. The third kappa shape index (κ3) is 4.29. The van der Waals surface area contributed by atoms with Crippen LogP contribution in [0.1, 0.15) is 44.7 Å². The lowest BCUT2D eigenvalue weighted by atomic mass is 9.98. The maximum Gasteiger partial charge on any atom is 0.410 e. The van der Waals surface area contributed by atoms with Crippen molar-refractivity contribution in [1.82, 2.24) is 19.9 Å². The normalized spacial score (nSPS) is 14.3. The molecule has 0 radical (unpaired) electrons. The quantitative estimate of drug-likeness (QED) is 0.641. The number of anilines is 1. The molecular formula is C17H18N6O4S. The van der Waals surface area contributed by atoms with Gasteiger partial charge in [-0.1, -0.05) is 5.92 Å². The third-order valence-corrected chi connectivity index (χ3v) is 5.26. The summed E-state index contributed by atoms with van der Waals surface area (Å²) in [5.41, 5.74) is 5.46. The number of piperidine rings is 1. The van der Waals surface area contributed by atoms with E-state index in [0.29, 0.717) is 25.9 Å². The number of nitrogens with zero attached hydrogens (tertiary/aromatic N) is 3. The molecule has 0 spiro atoms. The van der Waals surface area contributed by atoms with E-state index in [2.05, 4.69) is 26.2 Å². The molecule has 0 bridgehead atoms.